The smallest absolute Gasteiger partial charge is 0.255 e. The van der Waals surface area contributed by atoms with Gasteiger partial charge in [-0.15, -0.1) is 0 Å². The molecular weight excluding hydrogens is 236 g/mol. The summed E-state index contributed by atoms with van der Waals surface area (Å²) in [5.41, 5.74) is 4.00. The number of rotatable bonds is 1. The maximum atomic E-state index is 12.2. The first-order valence-corrected chi connectivity index (χ1v) is 6.36. The normalized spacial score (nSPS) is 17.9. The number of fused-ring (bicyclic) bond motifs is 1. The fourth-order valence-electron chi connectivity index (χ4n) is 2.56. The van der Waals surface area contributed by atoms with Crippen LogP contribution in [0.2, 0.25) is 0 Å². The summed E-state index contributed by atoms with van der Waals surface area (Å²) >= 11 is 0. The minimum Gasteiger partial charge on any atom is -0.350 e. The minimum absolute atomic E-state index is 0.0137. The zero-order valence-corrected chi connectivity index (χ0v) is 11.1. The SMILES string of the molecule is Cc1cccc([C@@H]2NC(=O)c3ccccc3N2C)c1. The van der Waals surface area contributed by atoms with E-state index in [2.05, 4.69) is 29.3 Å². The fraction of sp³-hybridized carbons (Fsp3) is 0.188. The van der Waals surface area contributed by atoms with E-state index in [-0.39, 0.29) is 12.1 Å². The molecule has 3 heteroatoms. The molecule has 0 radical (unpaired) electrons. The van der Waals surface area contributed by atoms with E-state index < -0.39 is 0 Å². The van der Waals surface area contributed by atoms with Gasteiger partial charge in [-0.25, -0.2) is 0 Å². The summed E-state index contributed by atoms with van der Waals surface area (Å²) in [6.45, 7) is 2.06. The van der Waals surface area contributed by atoms with Gasteiger partial charge in [0.15, 0.2) is 0 Å². The summed E-state index contributed by atoms with van der Waals surface area (Å²) in [6.07, 6.45) is -0.109. The van der Waals surface area contributed by atoms with E-state index in [4.69, 9.17) is 0 Å². The molecule has 0 bridgehead atoms. The van der Waals surface area contributed by atoms with E-state index >= 15 is 0 Å². The Bertz CT molecular complexity index is 636. The Morgan fingerprint density at radius 1 is 1.11 bits per heavy atom. The van der Waals surface area contributed by atoms with Gasteiger partial charge in [0.2, 0.25) is 0 Å². The van der Waals surface area contributed by atoms with E-state index in [1.807, 2.05) is 43.4 Å². The van der Waals surface area contributed by atoms with Gasteiger partial charge in [-0.1, -0.05) is 42.0 Å². The number of aryl methyl sites for hydroxylation is 1. The largest absolute Gasteiger partial charge is 0.350 e. The number of nitrogens with zero attached hydrogens (tertiary/aromatic N) is 1. The molecule has 2 aromatic carbocycles. The molecule has 0 saturated carbocycles. The molecule has 0 unspecified atom stereocenters. The third kappa shape index (κ3) is 1.97. The molecule has 3 rings (SSSR count). The van der Waals surface area contributed by atoms with Crippen LogP contribution < -0.4 is 10.2 Å². The van der Waals surface area contributed by atoms with E-state index in [1.165, 1.54) is 5.56 Å². The summed E-state index contributed by atoms with van der Waals surface area (Å²) in [7, 11) is 2.01. The van der Waals surface area contributed by atoms with Crippen LogP contribution in [0.15, 0.2) is 48.5 Å². The van der Waals surface area contributed by atoms with Crippen molar-refractivity contribution in [2.45, 2.75) is 13.1 Å². The Hall–Kier alpha value is -2.29. The Labute approximate surface area is 112 Å². The highest BCUT2D eigenvalue weighted by Gasteiger charge is 2.28. The molecule has 1 atom stereocenters. The number of benzene rings is 2. The molecule has 0 fully saturated rings. The van der Waals surface area contributed by atoms with Crippen LogP contribution in [-0.2, 0) is 0 Å². The number of para-hydroxylation sites is 1. The highest BCUT2D eigenvalue weighted by atomic mass is 16.2. The Morgan fingerprint density at radius 3 is 2.68 bits per heavy atom. The van der Waals surface area contributed by atoms with E-state index in [9.17, 15) is 4.79 Å². The van der Waals surface area contributed by atoms with Crippen LogP contribution >= 0.6 is 0 Å². The molecule has 0 aromatic heterocycles. The van der Waals surface area contributed by atoms with Gasteiger partial charge in [-0.3, -0.25) is 4.79 Å². The van der Waals surface area contributed by atoms with Crippen molar-refractivity contribution in [3.05, 3.63) is 65.2 Å². The monoisotopic (exact) mass is 252 g/mol. The van der Waals surface area contributed by atoms with E-state index in [1.54, 1.807) is 0 Å². The molecule has 1 amide bonds. The van der Waals surface area contributed by atoms with Gasteiger partial charge in [-0.2, -0.15) is 0 Å². The number of amides is 1. The Kier molecular flexibility index (Phi) is 2.75. The molecule has 2 aromatic rings. The van der Waals surface area contributed by atoms with Crippen molar-refractivity contribution >= 4 is 11.6 Å². The first-order chi connectivity index (χ1) is 9.16. The topological polar surface area (TPSA) is 32.3 Å². The van der Waals surface area contributed by atoms with Crippen LogP contribution in [0.5, 0.6) is 0 Å². The number of nitrogens with one attached hydrogen (secondary N) is 1. The van der Waals surface area contributed by atoms with Gasteiger partial charge in [0.25, 0.3) is 5.91 Å². The zero-order valence-electron chi connectivity index (χ0n) is 11.1. The number of hydrogen-bond acceptors (Lipinski definition) is 2. The second-order valence-corrected chi connectivity index (χ2v) is 4.92. The van der Waals surface area contributed by atoms with Gasteiger partial charge in [0.1, 0.15) is 6.17 Å². The maximum absolute atomic E-state index is 12.2. The lowest BCUT2D eigenvalue weighted by atomic mass is 10.0. The zero-order chi connectivity index (χ0) is 13.4. The van der Waals surface area contributed by atoms with Crippen molar-refractivity contribution in [2.24, 2.45) is 0 Å². The van der Waals surface area contributed by atoms with Crippen molar-refractivity contribution in [2.75, 3.05) is 11.9 Å². The molecule has 19 heavy (non-hydrogen) atoms. The van der Waals surface area contributed by atoms with E-state index in [0.29, 0.717) is 0 Å². The number of anilines is 1. The molecule has 3 nitrogen and oxygen atoms in total. The predicted octanol–water partition coefficient (Wildman–Crippen LogP) is 2.87. The first kappa shape index (κ1) is 11.8. The van der Waals surface area contributed by atoms with Crippen LogP contribution in [0.25, 0.3) is 0 Å². The molecular formula is C16H16N2O. The summed E-state index contributed by atoms with van der Waals surface area (Å²) in [6, 6.07) is 15.9. The highest BCUT2D eigenvalue weighted by molar-refractivity contribution is 6.01. The van der Waals surface area contributed by atoms with E-state index in [0.717, 1.165) is 16.8 Å². The molecule has 0 aliphatic carbocycles. The molecule has 0 saturated heterocycles. The number of carbonyl (C=O) groups is 1. The predicted molar refractivity (Wildman–Crippen MR) is 76.2 cm³/mol. The average Bonchev–Trinajstić information content (AvgIpc) is 2.43. The first-order valence-electron chi connectivity index (χ1n) is 6.36. The van der Waals surface area contributed by atoms with Crippen molar-refractivity contribution in [1.82, 2.24) is 5.32 Å². The van der Waals surface area contributed by atoms with Crippen molar-refractivity contribution < 1.29 is 4.79 Å². The molecule has 1 heterocycles. The van der Waals surface area contributed by atoms with Crippen molar-refractivity contribution in [1.29, 1.82) is 0 Å². The molecule has 1 aliphatic rings. The van der Waals surface area contributed by atoms with Gasteiger partial charge in [-0.05, 0) is 24.6 Å². The summed E-state index contributed by atoms with van der Waals surface area (Å²) in [4.78, 5) is 14.3. The summed E-state index contributed by atoms with van der Waals surface area (Å²) < 4.78 is 0. The molecule has 96 valence electrons. The minimum atomic E-state index is -0.109. The third-order valence-electron chi connectivity index (χ3n) is 3.54. The number of carbonyl (C=O) groups excluding carboxylic acids is 1. The fourth-order valence-corrected chi connectivity index (χ4v) is 2.56. The lowest BCUT2D eigenvalue weighted by Crippen LogP contribution is -2.44. The van der Waals surface area contributed by atoms with Crippen molar-refractivity contribution in [3.63, 3.8) is 0 Å². The van der Waals surface area contributed by atoms with Crippen LogP contribution in [0, 0.1) is 6.92 Å². The van der Waals surface area contributed by atoms with Gasteiger partial charge in [0.05, 0.1) is 11.3 Å². The standard InChI is InChI=1S/C16H16N2O/c1-11-6-5-7-12(10-11)15-17-16(19)13-8-3-4-9-14(13)18(15)2/h3-10,15H,1-2H3,(H,17,19)/t15-/m1/s1. The quantitative estimate of drug-likeness (QED) is 0.846. The Morgan fingerprint density at radius 2 is 1.89 bits per heavy atom. The Balaban J connectivity index is 2.05. The van der Waals surface area contributed by atoms with Gasteiger partial charge in [0, 0.05) is 7.05 Å². The number of hydrogen-bond donors (Lipinski definition) is 1. The van der Waals surface area contributed by atoms with Crippen LogP contribution in [-0.4, -0.2) is 13.0 Å². The summed E-state index contributed by atoms with van der Waals surface area (Å²) in [5, 5.41) is 3.05. The van der Waals surface area contributed by atoms with Crippen LogP contribution in [0.4, 0.5) is 5.69 Å². The average molecular weight is 252 g/mol. The second kappa shape index (κ2) is 4.43. The lowest BCUT2D eigenvalue weighted by Gasteiger charge is -2.36. The molecule has 1 aliphatic heterocycles. The molecule has 1 N–H and O–H groups in total. The summed E-state index contributed by atoms with van der Waals surface area (Å²) in [5.74, 6) is -0.0137. The van der Waals surface area contributed by atoms with Crippen LogP contribution in [0.3, 0.4) is 0 Å². The third-order valence-corrected chi connectivity index (χ3v) is 3.54. The lowest BCUT2D eigenvalue weighted by molar-refractivity contribution is 0.0928. The van der Waals surface area contributed by atoms with Crippen molar-refractivity contribution in [3.8, 4) is 0 Å². The highest BCUT2D eigenvalue weighted by Crippen LogP contribution is 2.31. The van der Waals surface area contributed by atoms with Gasteiger partial charge < -0.3 is 10.2 Å². The van der Waals surface area contributed by atoms with Crippen LogP contribution in [0.1, 0.15) is 27.7 Å². The molecule has 0 spiro atoms. The second-order valence-electron chi connectivity index (χ2n) is 4.92. The van der Waals surface area contributed by atoms with Gasteiger partial charge >= 0.3 is 0 Å². The maximum Gasteiger partial charge on any atom is 0.255 e.